The molecule has 3 aromatic rings. The number of aromatic nitrogens is 1. The monoisotopic (exact) mass is 326 g/mol. The number of aryl methyl sites for hydroxylation is 2. The summed E-state index contributed by atoms with van der Waals surface area (Å²) in [6.07, 6.45) is 3.45. The van der Waals surface area contributed by atoms with Crippen molar-refractivity contribution >= 4 is 27.4 Å². The number of hydrogen-bond acceptors (Lipinski definition) is 2. The zero-order valence-electron chi connectivity index (χ0n) is 13.3. The second kappa shape index (κ2) is 6.01. The molecular formula is C18H18N2O2S. The fourth-order valence-corrected chi connectivity index (χ4v) is 3.23. The summed E-state index contributed by atoms with van der Waals surface area (Å²) < 4.78 is 16.0. The van der Waals surface area contributed by atoms with Crippen molar-refractivity contribution in [2.24, 2.45) is 7.05 Å². The number of hydrogen-bond donors (Lipinski definition) is 1. The summed E-state index contributed by atoms with van der Waals surface area (Å²) in [6.45, 7) is 1.97. The van der Waals surface area contributed by atoms with E-state index in [-0.39, 0.29) is 5.56 Å². The molecule has 1 aromatic heterocycles. The SMILES string of the molecule is Cc1ccc(-c2cn(C)c(=O)c3ccccc23)cc1NS(C)=O. The Balaban J connectivity index is 2.27. The average molecular weight is 326 g/mol. The highest BCUT2D eigenvalue weighted by molar-refractivity contribution is 7.85. The van der Waals surface area contributed by atoms with Crippen LogP contribution in [0.5, 0.6) is 0 Å². The third-order valence-corrected chi connectivity index (χ3v) is 4.40. The number of benzene rings is 2. The molecule has 2 aromatic carbocycles. The first-order valence-electron chi connectivity index (χ1n) is 7.27. The van der Waals surface area contributed by atoms with Crippen LogP contribution in [-0.4, -0.2) is 15.0 Å². The molecule has 0 aliphatic rings. The maximum absolute atomic E-state index is 12.3. The minimum absolute atomic E-state index is 0.00975. The number of pyridine rings is 1. The van der Waals surface area contributed by atoms with Crippen LogP contribution in [0.15, 0.2) is 53.5 Å². The van der Waals surface area contributed by atoms with Gasteiger partial charge in [-0.25, -0.2) is 4.21 Å². The van der Waals surface area contributed by atoms with Crippen LogP contribution in [0.2, 0.25) is 0 Å². The van der Waals surface area contributed by atoms with Crippen LogP contribution in [0.4, 0.5) is 5.69 Å². The zero-order chi connectivity index (χ0) is 16.6. The molecule has 0 aliphatic carbocycles. The van der Waals surface area contributed by atoms with E-state index < -0.39 is 11.0 Å². The van der Waals surface area contributed by atoms with Gasteiger partial charge in [0, 0.05) is 36.1 Å². The van der Waals surface area contributed by atoms with Crippen molar-refractivity contribution in [2.45, 2.75) is 6.92 Å². The van der Waals surface area contributed by atoms with Crippen molar-refractivity contribution in [1.29, 1.82) is 0 Å². The van der Waals surface area contributed by atoms with Crippen molar-refractivity contribution in [2.75, 3.05) is 11.0 Å². The van der Waals surface area contributed by atoms with E-state index in [0.717, 1.165) is 27.8 Å². The molecule has 1 heterocycles. The van der Waals surface area contributed by atoms with Crippen molar-refractivity contribution in [3.8, 4) is 11.1 Å². The molecular weight excluding hydrogens is 308 g/mol. The summed E-state index contributed by atoms with van der Waals surface area (Å²) in [7, 11) is 0.625. The van der Waals surface area contributed by atoms with E-state index >= 15 is 0 Å². The molecule has 0 saturated carbocycles. The molecule has 1 atom stereocenters. The van der Waals surface area contributed by atoms with Crippen LogP contribution in [0.1, 0.15) is 5.56 Å². The fraction of sp³-hybridized carbons (Fsp3) is 0.167. The first-order chi connectivity index (χ1) is 11.0. The molecule has 4 nitrogen and oxygen atoms in total. The Hall–Kier alpha value is -2.40. The van der Waals surface area contributed by atoms with Crippen molar-refractivity contribution in [1.82, 2.24) is 4.57 Å². The quantitative estimate of drug-likeness (QED) is 0.803. The summed E-state index contributed by atoms with van der Waals surface area (Å²) in [5.74, 6) is 0. The lowest BCUT2D eigenvalue weighted by Crippen LogP contribution is -2.16. The van der Waals surface area contributed by atoms with Gasteiger partial charge in [-0.3, -0.25) is 4.79 Å². The van der Waals surface area contributed by atoms with Crippen LogP contribution in [0.3, 0.4) is 0 Å². The first kappa shape index (κ1) is 15.5. The van der Waals surface area contributed by atoms with Gasteiger partial charge in [0.15, 0.2) is 0 Å². The van der Waals surface area contributed by atoms with Gasteiger partial charge in [-0.1, -0.05) is 30.3 Å². The third kappa shape index (κ3) is 2.92. The number of nitrogens with zero attached hydrogens (tertiary/aromatic N) is 1. The van der Waals surface area contributed by atoms with E-state index in [1.807, 2.05) is 55.6 Å². The molecule has 1 unspecified atom stereocenters. The highest BCUT2D eigenvalue weighted by Crippen LogP contribution is 2.30. The largest absolute Gasteiger partial charge is 0.317 e. The van der Waals surface area contributed by atoms with Crippen molar-refractivity contribution < 1.29 is 4.21 Å². The molecule has 0 radical (unpaired) electrons. The van der Waals surface area contributed by atoms with Gasteiger partial charge in [0.2, 0.25) is 0 Å². The van der Waals surface area contributed by atoms with Gasteiger partial charge in [-0.15, -0.1) is 0 Å². The second-order valence-electron chi connectivity index (χ2n) is 5.59. The average Bonchev–Trinajstić information content (AvgIpc) is 2.53. The predicted molar refractivity (Wildman–Crippen MR) is 97.1 cm³/mol. The lowest BCUT2D eigenvalue weighted by molar-refractivity contribution is 0.690. The standard InChI is InChI=1S/C18H18N2O2S/c1-12-8-9-13(10-17(12)19-23(3)22)16-11-20(2)18(21)15-7-5-4-6-14(15)16/h4-11,19H,1-3H3. The highest BCUT2D eigenvalue weighted by atomic mass is 32.2. The minimum atomic E-state index is -1.13. The lowest BCUT2D eigenvalue weighted by Gasteiger charge is -2.13. The number of fused-ring (bicyclic) bond motifs is 1. The van der Waals surface area contributed by atoms with Gasteiger partial charge >= 0.3 is 0 Å². The summed E-state index contributed by atoms with van der Waals surface area (Å²) in [6, 6.07) is 13.6. The van der Waals surface area contributed by atoms with E-state index in [1.54, 1.807) is 17.9 Å². The summed E-state index contributed by atoms with van der Waals surface area (Å²) in [5, 5.41) is 1.62. The van der Waals surface area contributed by atoms with Crippen LogP contribution in [-0.2, 0) is 18.0 Å². The molecule has 0 aliphatic heterocycles. The molecule has 0 fully saturated rings. The normalized spacial score (nSPS) is 12.3. The number of nitrogens with one attached hydrogen (secondary N) is 1. The van der Waals surface area contributed by atoms with Crippen LogP contribution in [0, 0.1) is 6.92 Å². The van der Waals surface area contributed by atoms with Gasteiger partial charge in [-0.05, 0) is 35.6 Å². The lowest BCUT2D eigenvalue weighted by atomic mass is 9.99. The second-order valence-corrected chi connectivity index (χ2v) is 6.70. The molecule has 3 rings (SSSR count). The van der Waals surface area contributed by atoms with Gasteiger partial charge in [0.05, 0.1) is 0 Å². The Morgan fingerprint density at radius 1 is 1.09 bits per heavy atom. The smallest absolute Gasteiger partial charge is 0.258 e. The highest BCUT2D eigenvalue weighted by Gasteiger charge is 2.10. The molecule has 23 heavy (non-hydrogen) atoms. The van der Waals surface area contributed by atoms with E-state index in [1.165, 1.54) is 0 Å². The molecule has 0 amide bonds. The fourth-order valence-electron chi connectivity index (χ4n) is 2.70. The molecule has 0 spiro atoms. The van der Waals surface area contributed by atoms with Crippen LogP contribution < -0.4 is 10.3 Å². The van der Waals surface area contributed by atoms with Crippen molar-refractivity contribution in [3.05, 3.63) is 64.6 Å². The van der Waals surface area contributed by atoms with Gasteiger partial charge in [0.25, 0.3) is 5.56 Å². The third-order valence-electron chi connectivity index (χ3n) is 3.89. The molecule has 1 N–H and O–H groups in total. The van der Waals surface area contributed by atoms with E-state index in [9.17, 15) is 9.00 Å². The van der Waals surface area contributed by atoms with Crippen molar-refractivity contribution in [3.63, 3.8) is 0 Å². The maximum atomic E-state index is 12.3. The van der Waals surface area contributed by atoms with E-state index in [2.05, 4.69) is 4.72 Å². The summed E-state index contributed by atoms with van der Waals surface area (Å²) in [4.78, 5) is 12.3. The minimum Gasteiger partial charge on any atom is -0.317 e. The zero-order valence-corrected chi connectivity index (χ0v) is 14.1. The van der Waals surface area contributed by atoms with Gasteiger partial charge in [0.1, 0.15) is 11.0 Å². The topological polar surface area (TPSA) is 51.1 Å². The maximum Gasteiger partial charge on any atom is 0.258 e. The Morgan fingerprint density at radius 3 is 2.48 bits per heavy atom. The first-order valence-corrected chi connectivity index (χ1v) is 8.82. The van der Waals surface area contributed by atoms with Crippen LogP contribution in [0.25, 0.3) is 21.9 Å². The number of anilines is 1. The number of rotatable bonds is 3. The Kier molecular flexibility index (Phi) is 4.05. The Labute approximate surface area is 137 Å². The van der Waals surface area contributed by atoms with Gasteiger partial charge in [-0.2, -0.15) is 0 Å². The summed E-state index contributed by atoms with van der Waals surface area (Å²) >= 11 is 0. The molecule has 0 saturated heterocycles. The van der Waals surface area contributed by atoms with Gasteiger partial charge < -0.3 is 9.29 Å². The van der Waals surface area contributed by atoms with E-state index in [4.69, 9.17) is 0 Å². The Morgan fingerprint density at radius 2 is 1.78 bits per heavy atom. The van der Waals surface area contributed by atoms with Crippen LogP contribution >= 0.6 is 0 Å². The molecule has 5 heteroatoms. The Bertz CT molecular complexity index is 976. The van der Waals surface area contributed by atoms with E-state index in [0.29, 0.717) is 5.39 Å². The predicted octanol–water partition coefficient (Wildman–Crippen LogP) is 3.22. The molecule has 118 valence electrons. The summed E-state index contributed by atoms with van der Waals surface area (Å²) in [5.41, 5.74) is 3.81. The molecule has 0 bridgehead atoms.